The molecule has 0 atom stereocenters. The average molecular weight is 427 g/mol. The molecular weight excluding hydrogens is 396 g/mol. The molecule has 6 nitrogen and oxygen atoms in total. The van der Waals surface area contributed by atoms with Crippen LogP contribution in [0.1, 0.15) is 28.9 Å². The topological polar surface area (TPSA) is 55.9 Å². The van der Waals surface area contributed by atoms with Crippen LogP contribution in [-0.2, 0) is 4.79 Å². The number of likely N-dealkylation sites (tertiary alicyclic amines) is 1. The Morgan fingerprint density at radius 3 is 2.50 bits per heavy atom. The van der Waals surface area contributed by atoms with Gasteiger partial charge in [0.15, 0.2) is 0 Å². The van der Waals surface area contributed by atoms with Gasteiger partial charge in [-0.15, -0.1) is 11.3 Å². The molecule has 2 saturated heterocycles. The molecule has 7 heteroatoms. The van der Waals surface area contributed by atoms with Crippen LogP contribution >= 0.6 is 11.3 Å². The zero-order chi connectivity index (χ0) is 20.9. The van der Waals surface area contributed by atoms with Gasteiger partial charge < -0.3 is 20.0 Å². The van der Waals surface area contributed by atoms with E-state index < -0.39 is 0 Å². The number of piperazine rings is 1. The number of amides is 2. The Hall–Kier alpha value is -2.38. The van der Waals surface area contributed by atoms with Crippen LogP contribution in [0.5, 0.6) is 0 Å². The van der Waals surface area contributed by atoms with Gasteiger partial charge in [-0.3, -0.25) is 9.59 Å². The lowest BCUT2D eigenvalue weighted by molar-refractivity contribution is -0.127. The molecule has 0 spiro atoms. The van der Waals surface area contributed by atoms with Crippen molar-refractivity contribution in [3.63, 3.8) is 0 Å². The van der Waals surface area contributed by atoms with Crippen LogP contribution in [0.25, 0.3) is 10.4 Å². The fourth-order valence-electron chi connectivity index (χ4n) is 4.02. The SMILES string of the molecule is CN1CCN(c2ccc(-c3ccc(C(=O)NCCCN4CCCC4=O)s3)cc2)CC1. The monoisotopic (exact) mass is 426 g/mol. The maximum absolute atomic E-state index is 12.4. The standard InChI is InChI=1S/C23H30N4O2S/c1-25-14-16-26(17-15-25)19-7-5-18(6-8-19)20-9-10-21(30-20)23(29)24-11-3-13-27-12-2-4-22(27)28/h5-10H,2-4,11-17H2,1H3,(H,24,29). The van der Waals surface area contributed by atoms with Gasteiger partial charge in [0.2, 0.25) is 5.91 Å². The smallest absolute Gasteiger partial charge is 0.261 e. The minimum atomic E-state index is -0.0342. The second kappa shape index (κ2) is 9.62. The van der Waals surface area contributed by atoms with Crippen molar-refractivity contribution in [2.24, 2.45) is 0 Å². The second-order valence-corrected chi connectivity index (χ2v) is 9.18. The lowest BCUT2D eigenvalue weighted by Crippen LogP contribution is -2.44. The van der Waals surface area contributed by atoms with Gasteiger partial charge in [0.25, 0.3) is 5.91 Å². The number of benzene rings is 1. The first-order chi connectivity index (χ1) is 14.6. The maximum Gasteiger partial charge on any atom is 0.261 e. The summed E-state index contributed by atoms with van der Waals surface area (Å²) in [5.74, 6) is 0.205. The highest BCUT2D eigenvalue weighted by atomic mass is 32.1. The first-order valence-corrected chi connectivity index (χ1v) is 11.6. The highest BCUT2D eigenvalue weighted by Crippen LogP contribution is 2.30. The summed E-state index contributed by atoms with van der Waals surface area (Å²) >= 11 is 1.52. The Kier molecular flexibility index (Phi) is 6.69. The number of thiophene rings is 1. The molecule has 1 aromatic carbocycles. The van der Waals surface area contributed by atoms with Crippen LogP contribution in [0.3, 0.4) is 0 Å². The highest BCUT2D eigenvalue weighted by molar-refractivity contribution is 7.17. The zero-order valence-electron chi connectivity index (χ0n) is 17.6. The summed E-state index contributed by atoms with van der Waals surface area (Å²) in [6.45, 7) is 6.49. The number of rotatable bonds is 7. The second-order valence-electron chi connectivity index (χ2n) is 8.09. The lowest BCUT2D eigenvalue weighted by atomic mass is 10.1. The largest absolute Gasteiger partial charge is 0.369 e. The van der Waals surface area contributed by atoms with Crippen molar-refractivity contribution in [3.05, 3.63) is 41.3 Å². The van der Waals surface area contributed by atoms with Gasteiger partial charge in [0.1, 0.15) is 0 Å². The van der Waals surface area contributed by atoms with E-state index in [1.807, 2.05) is 17.0 Å². The van der Waals surface area contributed by atoms with E-state index in [1.165, 1.54) is 17.0 Å². The normalized spacial score (nSPS) is 17.6. The van der Waals surface area contributed by atoms with Crippen LogP contribution < -0.4 is 10.2 Å². The van der Waals surface area contributed by atoms with E-state index in [9.17, 15) is 9.59 Å². The van der Waals surface area contributed by atoms with Gasteiger partial charge in [-0.25, -0.2) is 0 Å². The predicted octanol–water partition coefficient (Wildman–Crippen LogP) is 2.91. The van der Waals surface area contributed by atoms with Crippen LogP contribution in [0.4, 0.5) is 5.69 Å². The number of carbonyl (C=O) groups excluding carboxylic acids is 2. The molecule has 2 aromatic rings. The summed E-state index contributed by atoms with van der Waals surface area (Å²) in [4.78, 5) is 32.6. The molecule has 2 aliphatic heterocycles. The zero-order valence-corrected chi connectivity index (χ0v) is 18.4. The van der Waals surface area contributed by atoms with Gasteiger partial charge in [-0.05, 0) is 49.7 Å². The van der Waals surface area contributed by atoms with Gasteiger partial charge >= 0.3 is 0 Å². The molecule has 0 bridgehead atoms. The van der Waals surface area contributed by atoms with Crippen molar-refractivity contribution >= 4 is 28.8 Å². The van der Waals surface area contributed by atoms with Gasteiger partial charge in [-0.2, -0.15) is 0 Å². The average Bonchev–Trinajstić information content (AvgIpc) is 3.41. The molecule has 2 aliphatic rings. The maximum atomic E-state index is 12.4. The minimum absolute atomic E-state index is 0.0342. The van der Waals surface area contributed by atoms with E-state index in [0.29, 0.717) is 13.0 Å². The molecule has 0 radical (unpaired) electrons. The minimum Gasteiger partial charge on any atom is -0.369 e. The van der Waals surface area contributed by atoms with E-state index in [-0.39, 0.29) is 11.8 Å². The Balaban J connectivity index is 1.27. The van der Waals surface area contributed by atoms with E-state index in [4.69, 9.17) is 0 Å². The molecule has 3 heterocycles. The molecule has 0 aliphatic carbocycles. The summed E-state index contributed by atoms with van der Waals surface area (Å²) in [5.41, 5.74) is 2.40. The Bertz CT molecular complexity index is 872. The Morgan fingerprint density at radius 2 is 1.80 bits per heavy atom. The highest BCUT2D eigenvalue weighted by Gasteiger charge is 2.19. The van der Waals surface area contributed by atoms with Crippen molar-refractivity contribution in [1.82, 2.24) is 15.1 Å². The van der Waals surface area contributed by atoms with Crippen LogP contribution in [0.15, 0.2) is 36.4 Å². The third-order valence-corrected chi connectivity index (χ3v) is 7.04. The lowest BCUT2D eigenvalue weighted by Gasteiger charge is -2.34. The van der Waals surface area contributed by atoms with E-state index in [2.05, 4.69) is 46.4 Å². The molecule has 0 unspecified atom stereocenters. The molecular formula is C23H30N4O2S. The number of nitrogens with one attached hydrogen (secondary N) is 1. The fourth-order valence-corrected chi connectivity index (χ4v) is 4.94. The van der Waals surface area contributed by atoms with Crippen LogP contribution in [-0.4, -0.2) is 74.5 Å². The molecule has 2 amide bonds. The van der Waals surface area contributed by atoms with Crippen molar-refractivity contribution < 1.29 is 9.59 Å². The van der Waals surface area contributed by atoms with E-state index in [1.54, 1.807) is 0 Å². The fraction of sp³-hybridized carbons (Fsp3) is 0.478. The van der Waals surface area contributed by atoms with Gasteiger partial charge in [0, 0.05) is 62.8 Å². The number of carbonyl (C=O) groups is 2. The van der Waals surface area contributed by atoms with Crippen molar-refractivity contribution in [2.75, 3.05) is 57.8 Å². The van der Waals surface area contributed by atoms with E-state index >= 15 is 0 Å². The summed E-state index contributed by atoms with van der Waals surface area (Å²) in [5, 5.41) is 2.98. The molecule has 1 aromatic heterocycles. The molecule has 0 saturated carbocycles. The number of likely N-dealkylation sites (N-methyl/N-ethyl adjacent to an activating group) is 1. The summed E-state index contributed by atoms with van der Waals surface area (Å²) in [6.07, 6.45) is 2.42. The van der Waals surface area contributed by atoms with Crippen molar-refractivity contribution in [1.29, 1.82) is 0 Å². The molecule has 30 heavy (non-hydrogen) atoms. The van der Waals surface area contributed by atoms with Crippen LogP contribution in [0, 0.1) is 0 Å². The molecule has 2 fully saturated rings. The third kappa shape index (κ3) is 5.02. The van der Waals surface area contributed by atoms with Crippen molar-refractivity contribution in [3.8, 4) is 10.4 Å². The van der Waals surface area contributed by atoms with Crippen LogP contribution in [0.2, 0.25) is 0 Å². The summed E-state index contributed by atoms with van der Waals surface area (Å²) in [7, 11) is 2.17. The van der Waals surface area contributed by atoms with Gasteiger partial charge in [0.05, 0.1) is 4.88 Å². The summed E-state index contributed by atoms with van der Waals surface area (Å²) < 4.78 is 0. The number of nitrogens with zero attached hydrogens (tertiary/aromatic N) is 3. The first kappa shape index (κ1) is 20.9. The quantitative estimate of drug-likeness (QED) is 0.692. The predicted molar refractivity (Wildman–Crippen MR) is 122 cm³/mol. The van der Waals surface area contributed by atoms with E-state index in [0.717, 1.165) is 67.4 Å². The Morgan fingerprint density at radius 1 is 1.03 bits per heavy atom. The number of hydrogen-bond donors (Lipinski definition) is 1. The number of anilines is 1. The van der Waals surface area contributed by atoms with Gasteiger partial charge in [-0.1, -0.05) is 12.1 Å². The molecule has 1 N–H and O–H groups in total. The first-order valence-electron chi connectivity index (χ1n) is 10.8. The number of hydrogen-bond acceptors (Lipinski definition) is 5. The Labute approximate surface area is 182 Å². The molecule has 4 rings (SSSR count). The molecule has 160 valence electrons. The summed E-state index contributed by atoms with van der Waals surface area (Å²) in [6, 6.07) is 12.6. The third-order valence-electron chi connectivity index (χ3n) is 5.91. The van der Waals surface area contributed by atoms with Crippen molar-refractivity contribution in [2.45, 2.75) is 19.3 Å².